The summed E-state index contributed by atoms with van der Waals surface area (Å²) >= 11 is 0. The van der Waals surface area contributed by atoms with Gasteiger partial charge in [-0.15, -0.1) is 0 Å². The Labute approximate surface area is 131 Å². The van der Waals surface area contributed by atoms with E-state index in [-0.39, 0.29) is 6.61 Å². The van der Waals surface area contributed by atoms with Crippen LogP contribution in [0, 0.1) is 0 Å². The van der Waals surface area contributed by atoms with E-state index in [0.29, 0.717) is 6.61 Å². The van der Waals surface area contributed by atoms with Gasteiger partial charge in [0.25, 0.3) is 0 Å². The maximum atomic E-state index is 9.31. The Morgan fingerprint density at radius 1 is 1.36 bits per heavy atom. The molecule has 2 aromatic rings. The van der Waals surface area contributed by atoms with Crippen molar-refractivity contribution >= 4 is 0 Å². The zero-order chi connectivity index (χ0) is 15.4. The Balaban J connectivity index is 1.76. The summed E-state index contributed by atoms with van der Waals surface area (Å²) in [7, 11) is 0. The van der Waals surface area contributed by atoms with Crippen LogP contribution in [0.15, 0.2) is 30.6 Å². The molecule has 5 nitrogen and oxygen atoms in total. The van der Waals surface area contributed by atoms with Crippen LogP contribution < -0.4 is 4.74 Å². The summed E-state index contributed by atoms with van der Waals surface area (Å²) in [6.07, 6.45) is 5.03. The van der Waals surface area contributed by atoms with Gasteiger partial charge in [-0.25, -0.2) is 4.98 Å². The molecule has 0 fully saturated rings. The quantitative estimate of drug-likeness (QED) is 0.919. The molecule has 0 saturated heterocycles. The SMILES string of the molecule is CCCn1ccnc1CN1CCOc2ccc(CO)cc2C1. The molecule has 5 heteroatoms. The highest BCUT2D eigenvalue weighted by molar-refractivity contribution is 5.37. The molecule has 0 radical (unpaired) electrons. The van der Waals surface area contributed by atoms with Crippen LogP contribution in [0.2, 0.25) is 0 Å². The second kappa shape index (κ2) is 6.94. The standard InChI is InChI=1S/C17H23N3O2/c1-2-6-20-7-5-18-17(20)12-19-8-9-22-16-4-3-14(13-21)10-15(16)11-19/h3-5,7,10,21H,2,6,8-9,11-13H2,1H3. The third-order valence-corrected chi connectivity index (χ3v) is 4.00. The Hall–Kier alpha value is -1.85. The lowest BCUT2D eigenvalue weighted by atomic mass is 10.1. The van der Waals surface area contributed by atoms with E-state index >= 15 is 0 Å². The van der Waals surface area contributed by atoms with Gasteiger partial charge in [0, 0.05) is 37.6 Å². The largest absolute Gasteiger partial charge is 0.492 e. The summed E-state index contributed by atoms with van der Waals surface area (Å²) in [5.74, 6) is 2.03. The fourth-order valence-corrected chi connectivity index (χ4v) is 2.87. The number of aliphatic hydroxyl groups is 1. The summed E-state index contributed by atoms with van der Waals surface area (Å²) in [5, 5.41) is 9.31. The van der Waals surface area contributed by atoms with Gasteiger partial charge in [-0.1, -0.05) is 13.0 Å². The van der Waals surface area contributed by atoms with Crippen LogP contribution in [0.3, 0.4) is 0 Å². The van der Waals surface area contributed by atoms with E-state index in [1.807, 2.05) is 30.6 Å². The molecule has 0 amide bonds. The van der Waals surface area contributed by atoms with E-state index < -0.39 is 0 Å². The number of hydrogen-bond donors (Lipinski definition) is 1. The lowest BCUT2D eigenvalue weighted by Crippen LogP contribution is -2.27. The molecule has 0 atom stereocenters. The van der Waals surface area contributed by atoms with Crippen molar-refractivity contribution in [2.75, 3.05) is 13.2 Å². The van der Waals surface area contributed by atoms with Gasteiger partial charge in [0.05, 0.1) is 13.2 Å². The Morgan fingerprint density at radius 2 is 2.27 bits per heavy atom. The van der Waals surface area contributed by atoms with Crippen LogP contribution >= 0.6 is 0 Å². The molecule has 22 heavy (non-hydrogen) atoms. The van der Waals surface area contributed by atoms with Crippen LogP contribution in [0.4, 0.5) is 0 Å². The number of fused-ring (bicyclic) bond motifs is 1. The van der Waals surface area contributed by atoms with E-state index in [2.05, 4.69) is 21.4 Å². The fraction of sp³-hybridized carbons (Fsp3) is 0.471. The number of imidazole rings is 1. The van der Waals surface area contributed by atoms with Crippen LogP contribution in [-0.4, -0.2) is 32.7 Å². The van der Waals surface area contributed by atoms with Crippen molar-refractivity contribution < 1.29 is 9.84 Å². The van der Waals surface area contributed by atoms with Gasteiger partial charge in [-0.2, -0.15) is 0 Å². The third-order valence-electron chi connectivity index (χ3n) is 4.00. The van der Waals surface area contributed by atoms with Gasteiger partial charge < -0.3 is 14.4 Å². The van der Waals surface area contributed by atoms with Gasteiger partial charge in [0.15, 0.2) is 0 Å². The number of aliphatic hydroxyl groups excluding tert-OH is 1. The molecule has 0 spiro atoms. The zero-order valence-corrected chi connectivity index (χ0v) is 13.0. The maximum Gasteiger partial charge on any atom is 0.123 e. The molecule has 1 aromatic heterocycles. The molecule has 0 saturated carbocycles. The highest BCUT2D eigenvalue weighted by Gasteiger charge is 2.17. The molecule has 2 heterocycles. The summed E-state index contributed by atoms with van der Waals surface area (Å²) < 4.78 is 8.04. The third kappa shape index (κ3) is 3.31. The summed E-state index contributed by atoms with van der Waals surface area (Å²) in [6, 6.07) is 5.91. The molecule has 0 bridgehead atoms. The molecule has 1 aromatic carbocycles. The highest BCUT2D eigenvalue weighted by atomic mass is 16.5. The van der Waals surface area contributed by atoms with E-state index in [0.717, 1.165) is 55.3 Å². The van der Waals surface area contributed by atoms with Gasteiger partial charge in [0.2, 0.25) is 0 Å². The monoisotopic (exact) mass is 301 g/mol. The summed E-state index contributed by atoms with van der Waals surface area (Å²) in [4.78, 5) is 6.84. The van der Waals surface area contributed by atoms with Gasteiger partial charge in [0.1, 0.15) is 18.2 Å². The first-order chi connectivity index (χ1) is 10.8. The minimum atomic E-state index is 0.0637. The average molecular weight is 301 g/mol. The molecule has 1 aliphatic rings. The first-order valence-corrected chi connectivity index (χ1v) is 7.88. The van der Waals surface area contributed by atoms with Gasteiger partial charge in [-0.05, 0) is 24.1 Å². The second-order valence-electron chi connectivity index (χ2n) is 5.70. The van der Waals surface area contributed by atoms with E-state index in [9.17, 15) is 5.11 Å². The van der Waals surface area contributed by atoms with Crippen molar-refractivity contribution in [3.63, 3.8) is 0 Å². The predicted molar refractivity (Wildman–Crippen MR) is 84.5 cm³/mol. The number of rotatable bonds is 5. The number of nitrogens with zero attached hydrogens (tertiary/aromatic N) is 3. The normalized spacial score (nSPS) is 15.2. The van der Waals surface area contributed by atoms with Crippen molar-refractivity contribution in [2.24, 2.45) is 0 Å². The first kappa shape index (κ1) is 15.1. The smallest absolute Gasteiger partial charge is 0.123 e. The Morgan fingerprint density at radius 3 is 3.09 bits per heavy atom. The highest BCUT2D eigenvalue weighted by Crippen LogP contribution is 2.25. The molecule has 3 rings (SSSR count). The molecule has 0 unspecified atom stereocenters. The minimum Gasteiger partial charge on any atom is -0.492 e. The number of aryl methyl sites for hydroxylation is 1. The van der Waals surface area contributed by atoms with Crippen LogP contribution in [0.5, 0.6) is 5.75 Å². The van der Waals surface area contributed by atoms with Crippen molar-refractivity contribution in [3.05, 3.63) is 47.5 Å². The minimum absolute atomic E-state index is 0.0637. The molecular weight excluding hydrogens is 278 g/mol. The topological polar surface area (TPSA) is 50.5 Å². The lowest BCUT2D eigenvalue weighted by Gasteiger charge is -2.19. The summed E-state index contributed by atoms with van der Waals surface area (Å²) in [5.41, 5.74) is 2.06. The molecular formula is C17H23N3O2. The lowest BCUT2D eigenvalue weighted by molar-refractivity contribution is 0.213. The van der Waals surface area contributed by atoms with E-state index in [1.165, 1.54) is 0 Å². The molecule has 1 aliphatic heterocycles. The van der Waals surface area contributed by atoms with Crippen LogP contribution in [-0.2, 0) is 26.2 Å². The number of benzene rings is 1. The molecule has 0 aliphatic carbocycles. The average Bonchev–Trinajstić information content (AvgIpc) is 2.85. The fourth-order valence-electron chi connectivity index (χ4n) is 2.87. The summed E-state index contributed by atoms with van der Waals surface area (Å²) in [6.45, 7) is 6.44. The van der Waals surface area contributed by atoms with Gasteiger partial charge >= 0.3 is 0 Å². The Kier molecular flexibility index (Phi) is 4.75. The van der Waals surface area contributed by atoms with Crippen LogP contribution in [0.25, 0.3) is 0 Å². The van der Waals surface area contributed by atoms with Crippen molar-refractivity contribution in [1.82, 2.24) is 14.5 Å². The van der Waals surface area contributed by atoms with Crippen molar-refractivity contribution in [1.29, 1.82) is 0 Å². The van der Waals surface area contributed by atoms with E-state index in [4.69, 9.17) is 4.74 Å². The first-order valence-electron chi connectivity index (χ1n) is 7.88. The number of ether oxygens (including phenoxy) is 1. The van der Waals surface area contributed by atoms with Crippen molar-refractivity contribution in [3.8, 4) is 5.75 Å². The van der Waals surface area contributed by atoms with E-state index in [1.54, 1.807) is 0 Å². The van der Waals surface area contributed by atoms with Crippen molar-refractivity contribution in [2.45, 2.75) is 39.6 Å². The number of aromatic nitrogens is 2. The Bertz CT molecular complexity index is 624. The predicted octanol–water partition coefficient (Wildman–Crippen LogP) is 2.18. The second-order valence-corrected chi connectivity index (χ2v) is 5.70. The number of hydrogen-bond acceptors (Lipinski definition) is 4. The maximum absolute atomic E-state index is 9.31. The molecule has 118 valence electrons. The van der Waals surface area contributed by atoms with Crippen LogP contribution in [0.1, 0.15) is 30.3 Å². The molecule has 1 N–H and O–H groups in total. The van der Waals surface area contributed by atoms with Gasteiger partial charge in [-0.3, -0.25) is 4.90 Å². The zero-order valence-electron chi connectivity index (χ0n) is 13.0.